The number of unbranched alkanes of at least 4 members (excludes halogenated alkanes) is 1. The van der Waals surface area contributed by atoms with Gasteiger partial charge in [-0.15, -0.1) is 0 Å². The fourth-order valence-electron chi connectivity index (χ4n) is 4.57. The number of carbonyl (C=O) groups is 2. The fraction of sp³-hybridized carbons (Fsp3) is 0.355. The van der Waals surface area contributed by atoms with Crippen LogP contribution in [0.4, 0.5) is 18.9 Å². The molecule has 0 aliphatic heterocycles. The largest absolute Gasteiger partial charge is 0.417 e. The van der Waals surface area contributed by atoms with Crippen molar-refractivity contribution in [3.63, 3.8) is 0 Å². The minimum absolute atomic E-state index is 0.0200. The molecule has 0 saturated heterocycles. The van der Waals surface area contributed by atoms with Crippen LogP contribution in [0.3, 0.4) is 0 Å². The highest BCUT2D eigenvalue weighted by molar-refractivity contribution is 7.92. The molecule has 3 rings (SSSR count). The van der Waals surface area contributed by atoms with Crippen LogP contribution in [0.2, 0.25) is 5.02 Å². The maximum atomic E-state index is 14.1. The van der Waals surface area contributed by atoms with Crippen molar-refractivity contribution in [1.82, 2.24) is 10.2 Å². The fourth-order valence-corrected chi connectivity index (χ4v) is 6.22. The van der Waals surface area contributed by atoms with Gasteiger partial charge in [0.15, 0.2) is 0 Å². The third kappa shape index (κ3) is 8.73. The van der Waals surface area contributed by atoms with E-state index in [0.29, 0.717) is 22.5 Å². The molecule has 12 heteroatoms. The summed E-state index contributed by atoms with van der Waals surface area (Å²) in [7, 11) is -4.53. The minimum atomic E-state index is -4.87. The van der Waals surface area contributed by atoms with Crippen molar-refractivity contribution < 1.29 is 31.2 Å². The van der Waals surface area contributed by atoms with Crippen molar-refractivity contribution in [3.05, 3.63) is 94.5 Å². The van der Waals surface area contributed by atoms with E-state index in [4.69, 9.17) is 11.6 Å². The van der Waals surface area contributed by atoms with Crippen LogP contribution >= 0.6 is 11.6 Å². The molecule has 3 aromatic rings. The Kier molecular flexibility index (Phi) is 11.6. The molecule has 43 heavy (non-hydrogen) atoms. The first-order valence-electron chi connectivity index (χ1n) is 13.9. The number of anilines is 1. The Morgan fingerprint density at radius 2 is 1.67 bits per heavy atom. The van der Waals surface area contributed by atoms with Crippen molar-refractivity contribution in [1.29, 1.82) is 0 Å². The maximum Gasteiger partial charge on any atom is 0.417 e. The molecular formula is C31H35ClF3N3O4S. The molecule has 0 aliphatic rings. The standard InChI is InChI=1S/C31H35ClF3N3O4S/c1-4-6-17-36-30(40)28(5-2)37(20-23-12-10-11-22(3)18-23)29(39)21-38(43(41,42)25-13-8-7-9-14-25)24-15-16-27(32)26(19-24)31(33,34)35/h7-16,18-19,28H,4-6,17,20-21H2,1-3H3,(H,36,40). The molecule has 0 fully saturated rings. The van der Waals surface area contributed by atoms with Crippen LogP contribution in [0.5, 0.6) is 0 Å². The molecule has 0 spiro atoms. The maximum absolute atomic E-state index is 14.1. The molecule has 232 valence electrons. The summed E-state index contributed by atoms with van der Waals surface area (Å²) in [5.41, 5.74) is -0.0217. The number of nitrogens with one attached hydrogen (secondary N) is 1. The molecule has 1 atom stereocenters. The van der Waals surface area contributed by atoms with Gasteiger partial charge in [0.25, 0.3) is 10.0 Å². The van der Waals surface area contributed by atoms with Crippen molar-refractivity contribution in [2.24, 2.45) is 0 Å². The van der Waals surface area contributed by atoms with E-state index in [2.05, 4.69) is 5.32 Å². The van der Waals surface area contributed by atoms with E-state index in [-0.39, 0.29) is 17.9 Å². The van der Waals surface area contributed by atoms with Crippen LogP contribution < -0.4 is 9.62 Å². The average Bonchev–Trinajstić information content (AvgIpc) is 2.96. The van der Waals surface area contributed by atoms with Crippen LogP contribution in [0.15, 0.2) is 77.7 Å². The molecule has 2 amide bonds. The van der Waals surface area contributed by atoms with Gasteiger partial charge < -0.3 is 10.2 Å². The molecule has 0 radical (unpaired) electrons. The number of halogens is 4. The topological polar surface area (TPSA) is 86.8 Å². The van der Waals surface area contributed by atoms with Gasteiger partial charge in [-0.1, -0.05) is 79.9 Å². The molecule has 1 N–H and O–H groups in total. The first kappa shape index (κ1) is 33.9. The highest BCUT2D eigenvalue weighted by Crippen LogP contribution is 2.38. The van der Waals surface area contributed by atoms with Crippen molar-refractivity contribution in [2.45, 2.75) is 63.7 Å². The molecule has 0 heterocycles. The van der Waals surface area contributed by atoms with E-state index in [1.165, 1.54) is 29.2 Å². The van der Waals surface area contributed by atoms with Gasteiger partial charge in [0.2, 0.25) is 11.8 Å². The summed E-state index contributed by atoms with van der Waals surface area (Å²) in [6.45, 7) is 5.09. The summed E-state index contributed by atoms with van der Waals surface area (Å²) >= 11 is 5.82. The van der Waals surface area contributed by atoms with Crippen LogP contribution in [0, 0.1) is 6.92 Å². The number of benzene rings is 3. The summed E-state index contributed by atoms with van der Waals surface area (Å²) in [4.78, 5) is 28.4. The van der Waals surface area contributed by atoms with E-state index in [9.17, 15) is 31.2 Å². The van der Waals surface area contributed by atoms with Gasteiger partial charge in [-0.3, -0.25) is 13.9 Å². The average molecular weight is 638 g/mol. The number of sulfonamides is 1. The molecule has 0 aromatic heterocycles. The Morgan fingerprint density at radius 3 is 2.28 bits per heavy atom. The predicted molar refractivity (Wildman–Crippen MR) is 161 cm³/mol. The lowest BCUT2D eigenvalue weighted by atomic mass is 10.1. The zero-order chi connectivity index (χ0) is 31.8. The molecule has 3 aromatic carbocycles. The second-order valence-electron chi connectivity index (χ2n) is 10.1. The lowest BCUT2D eigenvalue weighted by Gasteiger charge is -2.33. The van der Waals surface area contributed by atoms with Gasteiger partial charge in [0.1, 0.15) is 12.6 Å². The monoisotopic (exact) mass is 637 g/mol. The van der Waals surface area contributed by atoms with E-state index in [0.717, 1.165) is 30.5 Å². The van der Waals surface area contributed by atoms with Gasteiger partial charge in [0.05, 0.1) is 21.2 Å². The van der Waals surface area contributed by atoms with E-state index < -0.39 is 56.9 Å². The molecule has 0 bridgehead atoms. The van der Waals surface area contributed by atoms with Crippen LogP contribution in [0.1, 0.15) is 49.8 Å². The summed E-state index contributed by atoms with van der Waals surface area (Å²) in [5, 5.41) is 2.22. The molecule has 0 aliphatic carbocycles. The second-order valence-corrected chi connectivity index (χ2v) is 12.3. The number of alkyl halides is 3. The Bertz CT molecular complexity index is 1520. The summed E-state index contributed by atoms with van der Waals surface area (Å²) in [6, 6.07) is 16.1. The predicted octanol–water partition coefficient (Wildman–Crippen LogP) is 6.59. The van der Waals surface area contributed by atoms with Crippen molar-refractivity contribution >= 4 is 39.1 Å². The van der Waals surface area contributed by atoms with Gasteiger partial charge in [-0.2, -0.15) is 13.2 Å². The Morgan fingerprint density at radius 1 is 0.977 bits per heavy atom. The number of hydrogen-bond acceptors (Lipinski definition) is 4. The SMILES string of the molecule is CCCCNC(=O)C(CC)N(Cc1cccc(C)c1)C(=O)CN(c1ccc(Cl)c(C(F)(F)F)c1)S(=O)(=O)c1ccccc1. The Balaban J connectivity index is 2.11. The summed E-state index contributed by atoms with van der Waals surface area (Å²) in [6.07, 6.45) is -3.08. The third-order valence-electron chi connectivity index (χ3n) is 6.80. The lowest BCUT2D eigenvalue weighted by Crippen LogP contribution is -2.52. The van der Waals surface area contributed by atoms with Crippen LogP contribution in [-0.4, -0.2) is 44.3 Å². The zero-order valence-corrected chi connectivity index (χ0v) is 25.8. The molecule has 0 saturated carbocycles. The Labute approximate surface area is 255 Å². The third-order valence-corrected chi connectivity index (χ3v) is 8.92. The van der Waals surface area contributed by atoms with E-state index in [1.54, 1.807) is 25.1 Å². The normalized spacial score (nSPS) is 12.4. The second kappa shape index (κ2) is 14.7. The zero-order valence-electron chi connectivity index (χ0n) is 24.2. The molecule has 7 nitrogen and oxygen atoms in total. The quantitative estimate of drug-likeness (QED) is 0.214. The van der Waals surface area contributed by atoms with E-state index >= 15 is 0 Å². The number of nitrogens with zero attached hydrogens (tertiary/aromatic N) is 2. The number of amides is 2. The highest BCUT2D eigenvalue weighted by atomic mass is 35.5. The lowest BCUT2D eigenvalue weighted by molar-refractivity contribution is -0.140. The molecule has 1 unspecified atom stereocenters. The highest BCUT2D eigenvalue weighted by Gasteiger charge is 2.37. The Hall–Kier alpha value is -3.57. The first-order valence-corrected chi connectivity index (χ1v) is 15.7. The van der Waals surface area contributed by atoms with Gasteiger partial charge in [-0.05, 0) is 55.7 Å². The minimum Gasteiger partial charge on any atom is -0.354 e. The van der Waals surface area contributed by atoms with E-state index in [1.807, 2.05) is 26.0 Å². The van der Waals surface area contributed by atoms with Crippen molar-refractivity contribution in [3.8, 4) is 0 Å². The number of carbonyl (C=O) groups excluding carboxylic acids is 2. The van der Waals surface area contributed by atoms with Gasteiger partial charge in [-0.25, -0.2) is 8.42 Å². The number of hydrogen-bond donors (Lipinski definition) is 1. The van der Waals surface area contributed by atoms with Crippen molar-refractivity contribution in [2.75, 3.05) is 17.4 Å². The van der Waals surface area contributed by atoms with Gasteiger partial charge in [0, 0.05) is 13.1 Å². The number of rotatable bonds is 13. The summed E-state index contributed by atoms with van der Waals surface area (Å²) < 4.78 is 69.6. The van der Waals surface area contributed by atoms with Gasteiger partial charge >= 0.3 is 6.18 Å². The smallest absolute Gasteiger partial charge is 0.354 e. The summed E-state index contributed by atoms with van der Waals surface area (Å²) in [5.74, 6) is -1.16. The number of aryl methyl sites for hydroxylation is 1. The molecular weight excluding hydrogens is 603 g/mol. The first-order chi connectivity index (χ1) is 20.3. The van der Waals surface area contributed by atoms with Crippen LogP contribution in [-0.2, 0) is 32.3 Å². The van der Waals surface area contributed by atoms with Crippen LogP contribution in [0.25, 0.3) is 0 Å².